The predicted molar refractivity (Wildman–Crippen MR) is 80.4 cm³/mol. The maximum atomic E-state index is 12.1. The quantitative estimate of drug-likeness (QED) is 0.791. The largest absolute Gasteiger partial charge is 0.277 e. The molecule has 0 heterocycles. The van der Waals surface area contributed by atoms with Gasteiger partial charge in [0.05, 0.1) is 0 Å². The van der Waals surface area contributed by atoms with Crippen LogP contribution in [0.1, 0.15) is 58.8 Å². The lowest BCUT2D eigenvalue weighted by Crippen LogP contribution is -2.57. The molecule has 2 N–H and O–H groups in total. The van der Waals surface area contributed by atoms with Crippen molar-refractivity contribution in [1.29, 1.82) is 0 Å². The lowest BCUT2D eigenvalue weighted by molar-refractivity contribution is -0.0666. The van der Waals surface area contributed by atoms with Crippen LogP contribution in [-0.2, 0) is 10.2 Å². The summed E-state index contributed by atoms with van der Waals surface area (Å²) < 4.78 is 29.7. The zero-order valence-electron chi connectivity index (χ0n) is 12.7. The average Bonchev–Trinajstić information content (AvgIpc) is 2.34. The second-order valence-corrected chi connectivity index (χ2v) is 9.05. The minimum Gasteiger partial charge on any atom is -0.202 e. The molecule has 0 radical (unpaired) electrons. The molecule has 4 saturated carbocycles. The van der Waals surface area contributed by atoms with Gasteiger partial charge < -0.3 is 0 Å². The Hall–Kier alpha value is -0.130. The van der Waals surface area contributed by atoms with Crippen molar-refractivity contribution in [3.8, 4) is 0 Å². The molecule has 116 valence electrons. The van der Waals surface area contributed by atoms with Gasteiger partial charge in [0.25, 0.3) is 10.2 Å². The van der Waals surface area contributed by atoms with Crippen molar-refractivity contribution < 1.29 is 8.42 Å². The zero-order chi connectivity index (χ0) is 14.4. The van der Waals surface area contributed by atoms with Crippen molar-refractivity contribution in [2.45, 2.75) is 64.8 Å². The van der Waals surface area contributed by atoms with Crippen molar-refractivity contribution >= 4 is 10.2 Å². The van der Waals surface area contributed by atoms with Gasteiger partial charge in [0.15, 0.2) is 0 Å². The summed E-state index contributed by atoms with van der Waals surface area (Å²) in [6.07, 6.45) is 8.71. The standard InChI is InChI=1S/C15H28N2O2S/c1-3-4-16-20(18,19)17-11(2)15-8-12-5-13(9-15)7-14(6-12)10-15/h11-14,16-17H,3-10H2,1-2H3/t11-,12?,13?,14?,15?/m1/s1. The topological polar surface area (TPSA) is 58.2 Å². The third-order valence-corrected chi connectivity index (χ3v) is 7.13. The average molecular weight is 300 g/mol. The van der Waals surface area contributed by atoms with Crippen molar-refractivity contribution in [3.63, 3.8) is 0 Å². The maximum Gasteiger partial charge on any atom is 0.277 e. The molecule has 0 saturated heterocycles. The molecule has 20 heavy (non-hydrogen) atoms. The summed E-state index contributed by atoms with van der Waals surface area (Å²) in [5.74, 6) is 2.57. The Morgan fingerprint density at radius 3 is 2.05 bits per heavy atom. The fraction of sp³-hybridized carbons (Fsp3) is 1.00. The van der Waals surface area contributed by atoms with Gasteiger partial charge in [-0.15, -0.1) is 0 Å². The normalized spacial score (nSPS) is 41.0. The summed E-state index contributed by atoms with van der Waals surface area (Å²) in [4.78, 5) is 0. The smallest absolute Gasteiger partial charge is 0.202 e. The molecule has 4 rings (SSSR count). The minimum atomic E-state index is -3.34. The minimum absolute atomic E-state index is 0.0604. The lowest BCUT2D eigenvalue weighted by atomic mass is 9.48. The second kappa shape index (κ2) is 5.25. The number of hydrogen-bond acceptors (Lipinski definition) is 2. The molecule has 1 atom stereocenters. The fourth-order valence-corrected chi connectivity index (χ4v) is 6.62. The van der Waals surface area contributed by atoms with Crippen LogP contribution in [0, 0.1) is 23.2 Å². The summed E-state index contributed by atoms with van der Waals surface area (Å²) in [6.45, 7) is 4.58. The fourth-order valence-electron chi connectivity index (χ4n) is 5.34. The third kappa shape index (κ3) is 2.77. The van der Waals surface area contributed by atoms with Crippen LogP contribution in [0.2, 0.25) is 0 Å². The first-order chi connectivity index (χ1) is 9.42. The van der Waals surface area contributed by atoms with E-state index in [9.17, 15) is 8.42 Å². The molecular weight excluding hydrogens is 272 g/mol. The zero-order valence-corrected chi connectivity index (χ0v) is 13.5. The summed E-state index contributed by atoms with van der Waals surface area (Å²) in [7, 11) is -3.34. The highest BCUT2D eigenvalue weighted by Gasteiger charge is 2.53. The van der Waals surface area contributed by atoms with Gasteiger partial charge in [-0.2, -0.15) is 13.1 Å². The van der Waals surface area contributed by atoms with Crippen LogP contribution in [0.3, 0.4) is 0 Å². The van der Waals surface area contributed by atoms with E-state index in [4.69, 9.17) is 0 Å². The Bertz CT molecular complexity index is 425. The van der Waals surface area contributed by atoms with E-state index in [0.29, 0.717) is 6.54 Å². The van der Waals surface area contributed by atoms with Gasteiger partial charge in [-0.25, -0.2) is 4.72 Å². The summed E-state index contributed by atoms with van der Waals surface area (Å²) in [5, 5.41) is 0. The summed E-state index contributed by atoms with van der Waals surface area (Å²) in [5.41, 5.74) is 0.232. The second-order valence-electron chi connectivity index (χ2n) is 7.52. The first-order valence-corrected chi connectivity index (χ1v) is 9.68. The van der Waals surface area contributed by atoms with E-state index in [-0.39, 0.29) is 11.5 Å². The van der Waals surface area contributed by atoms with Gasteiger partial charge in [0, 0.05) is 12.6 Å². The van der Waals surface area contributed by atoms with E-state index in [2.05, 4.69) is 16.4 Å². The van der Waals surface area contributed by atoms with Gasteiger partial charge in [-0.3, -0.25) is 0 Å². The van der Waals surface area contributed by atoms with Crippen LogP contribution in [0.25, 0.3) is 0 Å². The highest BCUT2D eigenvalue weighted by atomic mass is 32.2. The van der Waals surface area contributed by atoms with Crippen molar-refractivity contribution in [3.05, 3.63) is 0 Å². The van der Waals surface area contributed by atoms with Crippen LogP contribution >= 0.6 is 0 Å². The molecule has 0 aromatic rings. The lowest BCUT2D eigenvalue weighted by Gasteiger charge is -2.59. The Labute approximate surface area is 123 Å². The Morgan fingerprint density at radius 1 is 1.10 bits per heavy atom. The molecule has 5 heteroatoms. The first-order valence-electron chi connectivity index (χ1n) is 8.19. The first kappa shape index (κ1) is 14.8. The molecule has 0 amide bonds. The van der Waals surface area contributed by atoms with Crippen molar-refractivity contribution in [2.24, 2.45) is 23.2 Å². The van der Waals surface area contributed by atoms with E-state index in [1.54, 1.807) is 0 Å². The monoisotopic (exact) mass is 300 g/mol. The van der Waals surface area contributed by atoms with Gasteiger partial charge in [0.1, 0.15) is 0 Å². The molecular formula is C15H28N2O2S. The summed E-state index contributed by atoms with van der Waals surface area (Å²) in [6, 6.07) is 0.0604. The number of hydrogen-bond donors (Lipinski definition) is 2. The number of rotatable bonds is 6. The molecule has 0 aromatic heterocycles. The van der Waals surface area contributed by atoms with E-state index >= 15 is 0 Å². The highest BCUT2D eigenvalue weighted by Crippen LogP contribution is 2.61. The molecule has 4 fully saturated rings. The van der Waals surface area contributed by atoms with E-state index in [0.717, 1.165) is 24.2 Å². The Kier molecular flexibility index (Phi) is 3.89. The van der Waals surface area contributed by atoms with Gasteiger partial charge >= 0.3 is 0 Å². The van der Waals surface area contributed by atoms with Crippen LogP contribution in [0.4, 0.5) is 0 Å². The molecule has 4 nitrogen and oxygen atoms in total. The summed E-state index contributed by atoms with van der Waals surface area (Å²) >= 11 is 0. The number of nitrogens with one attached hydrogen (secondary N) is 2. The molecule has 0 aromatic carbocycles. The van der Waals surface area contributed by atoms with Crippen molar-refractivity contribution in [2.75, 3.05) is 6.54 Å². The van der Waals surface area contributed by atoms with Gasteiger partial charge in [-0.1, -0.05) is 6.92 Å². The third-order valence-electron chi connectivity index (χ3n) is 5.88. The Balaban J connectivity index is 1.69. The predicted octanol–water partition coefficient (Wildman–Crippen LogP) is 2.43. The van der Waals surface area contributed by atoms with Crippen LogP contribution in [0.15, 0.2) is 0 Å². The van der Waals surface area contributed by atoms with Crippen LogP contribution < -0.4 is 9.44 Å². The maximum absolute atomic E-state index is 12.1. The molecule has 0 unspecified atom stereocenters. The SMILES string of the molecule is CCCNS(=O)(=O)N[C@H](C)C12CC3CC(CC(C3)C1)C2. The highest BCUT2D eigenvalue weighted by molar-refractivity contribution is 7.87. The molecule has 4 aliphatic carbocycles. The van der Waals surface area contributed by atoms with Crippen LogP contribution in [0.5, 0.6) is 0 Å². The van der Waals surface area contributed by atoms with Crippen molar-refractivity contribution in [1.82, 2.24) is 9.44 Å². The molecule has 4 aliphatic rings. The van der Waals surface area contributed by atoms with E-state index < -0.39 is 10.2 Å². The van der Waals surface area contributed by atoms with E-state index in [1.807, 2.05) is 6.92 Å². The van der Waals surface area contributed by atoms with Gasteiger partial charge in [0.2, 0.25) is 0 Å². The van der Waals surface area contributed by atoms with E-state index in [1.165, 1.54) is 38.5 Å². The van der Waals surface area contributed by atoms with Gasteiger partial charge in [-0.05, 0) is 75.0 Å². The molecule has 0 spiro atoms. The van der Waals surface area contributed by atoms with Crippen LogP contribution in [-0.4, -0.2) is 21.0 Å². The molecule has 4 bridgehead atoms. The molecule has 0 aliphatic heterocycles. The Morgan fingerprint density at radius 2 is 1.60 bits per heavy atom.